The van der Waals surface area contributed by atoms with Crippen LogP contribution in [0.1, 0.15) is 31.2 Å². The van der Waals surface area contributed by atoms with Gasteiger partial charge in [0.25, 0.3) is 0 Å². The summed E-state index contributed by atoms with van der Waals surface area (Å²) in [5, 5.41) is 9.06. The first-order chi connectivity index (χ1) is 13.4. The molecule has 0 spiro atoms. The molecule has 0 fully saturated rings. The van der Waals surface area contributed by atoms with Crippen LogP contribution in [0.15, 0.2) is 36.5 Å². The smallest absolute Gasteiger partial charge is 0.231 e. The molecule has 148 valence electrons. The maximum Gasteiger partial charge on any atom is 0.231 e. The number of ether oxygens (including phenoxy) is 1. The summed E-state index contributed by atoms with van der Waals surface area (Å²) in [4.78, 5) is 6.40. The Morgan fingerprint density at radius 3 is 2.64 bits per heavy atom. The number of hydrogen-bond donors (Lipinski definition) is 0. The molecule has 28 heavy (non-hydrogen) atoms. The van der Waals surface area contributed by atoms with Gasteiger partial charge >= 0.3 is 0 Å². The minimum Gasteiger partial charge on any atom is -0.481 e. The Balaban J connectivity index is 1.90. The summed E-state index contributed by atoms with van der Waals surface area (Å²) in [6.45, 7) is 7.40. The van der Waals surface area contributed by atoms with Crippen LogP contribution in [-0.4, -0.2) is 39.9 Å². The second-order valence-corrected chi connectivity index (χ2v) is 6.95. The molecule has 0 aliphatic heterocycles. The largest absolute Gasteiger partial charge is 0.481 e. The normalized spacial score (nSPS) is 12.1. The number of aryl methyl sites for hydroxylation is 1. The van der Waals surface area contributed by atoms with E-state index in [0.29, 0.717) is 17.4 Å². The second kappa shape index (κ2) is 8.56. The van der Waals surface area contributed by atoms with Gasteiger partial charge in [0.2, 0.25) is 11.8 Å². The van der Waals surface area contributed by atoms with Crippen molar-refractivity contribution in [1.82, 2.24) is 19.7 Å². The molecule has 0 radical (unpaired) electrons. The van der Waals surface area contributed by atoms with Gasteiger partial charge in [-0.2, -0.15) is 0 Å². The summed E-state index contributed by atoms with van der Waals surface area (Å²) in [6.07, 6.45) is 1.73. The Kier molecular flexibility index (Phi) is 6.14. The van der Waals surface area contributed by atoms with Crippen molar-refractivity contribution in [2.45, 2.75) is 26.7 Å². The Morgan fingerprint density at radius 2 is 2.04 bits per heavy atom. The van der Waals surface area contributed by atoms with Crippen LogP contribution in [0.25, 0.3) is 5.69 Å². The monoisotopic (exact) mass is 403 g/mol. The predicted molar refractivity (Wildman–Crippen MR) is 108 cm³/mol. The molecule has 0 aliphatic carbocycles. The molecule has 0 amide bonds. The molecule has 0 saturated carbocycles. The van der Waals surface area contributed by atoms with Crippen molar-refractivity contribution in [3.8, 4) is 11.6 Å². The lowest BCUT2D eigenvalue weighted by atomic mass is 10.0. The standard InChI is InChI=1S/C20H23ClFN5O/c1-5-26(12-13(2)17-8-6-15(22)10-18(17)21)20-25-24-14(3)27(20)16-7-9-19(28-4)23-11-16/h6-11,13H,5,12H2,1-4H3. The van der Waals surface area contributed by atoms with Gasteiger partial charge in [-0.3, -0.25) is 4.57 Å². The zero-order valence-electron chi connectivity index (χ0n) is 16.4. The van der Waals surface area contributed by atoms with E-state index in [2.05, 4.69) is 33.9 Å². The average Bonchev–Trinajstić information content (AvgIpc) is 3.07. The second-order valence-electron chi connectivity index (χ2n) is 6.55. The number of benzene rings is 1. The van der Waals surface area contributed by atoms with E-state index in [1.54, 1.807) is 25.4 Å². The van der Waals surface area contributed by atoms with Crippen molar-refractivity contribution in [3.63, 3.8) is 0 Å². The van der Waals surface area contributed by atoms with Gasteiger partial charge in [-0.15, -0.1) is 10.2 Å². The van der Waals surface area contributed by atoms with Crippen LogP contribution in [0.4, 0.5) is 10.3 Å². The molecule has 0 N–H and O–H groups in total. The highest BCUT2D eigenvalue weighted by Gasteiger charge is 2.20. The third-order valence-corrected chi connectivity index (χ3v) is 4.98. The maximum absolute atomic E-state index is 13.4. The van der Waals surface area contributed by atoms with Crippen LogP contribution in [0, 0.1) is 12.7 Å². The summed E-state index contributed by atoms with van der Waals surface area (Å²) in [7, 11) is 1.58. The lowest BCUT2D eigenvalue weighted by Gasteiger charge is -2.26. The number of rotatable bonds is 7. The van der Waals surface area contributed by atoms with Gasteiger partial charge < -0.3 is 9.64 Å². The molecule has 3 aromatic rings. The van der Waals surface area contributed by atoms with Gasteiger partial charge in [-0.05, 0) is 37.6 Å². The van der Waals surface area contributed by atoms with Gasteiger partial charge in [-0.25, -0.2) is 9.37 Å². The fourth-order valence-electron chi connectivity index (χ4n) is 3.17. The number of pyridine rings is 1. The molecule has 1 unspecified atom stereocenters. The quantitative estimate of drug-likeness (QED) is 0.585. The number of halogens is 2. The van der Waals surface area contributed by atoms with Gasteiger partial charge in [0, 0.05) is 30.1 Å². The molecule has 0 saturated heterocycles. The van der Waals surface area contributed by atoms with Gasteiger partial charge in [0.15, 0.2) is 0 Å². The fourth-order valence-corrected chi connectivity index (χ4v) is 3.52. The number of anilines is 1. The Labute approximate surface area is 168 Å². The summed E-state index contributed by atoms with van der Waals surface area (Å²) in [5.74, 6) is 1.76. The van der Waals surface area contributed by atoms with E-state index in [4.69, 9.17) is 16.3 Å². The molecular formula is C20H23ClFN5O. The van der Waals surface area contributed by atoms with Crippen molar-refractivity contribution in [2.24, 2.45) is 0 Å². The Morgan fingerprint density at radius 1 is 1.25 bits per heavy atom. The molecule has 6 nitrogen and oxygen atoms in total. The molecule has 1 atom stereocenters. The topological polar surface area (TPSA) is 56.1 Å². The number of hydrogen-bond acceptors (Lipinski definition) is 5. The first-order valence-corrected chi connectivity index (χ1v) is 9.44. The highest BCUT2D eigenvalue weighted by Crippen LogP contribution is 2.28. The molecule has 0 bridgehead atoms. The lowest BCUT2D eigenvalue weighted by molar-refractivity contribution is 0.398. The summed E-state index contributed by atoms with van der Waals surface area (Å²) >= 11 is 6.25. The minimum atomic E-state index is -0.337. The summed E-state index contributed by atoms with van der Waals surface area (Å²) in [5.41, 5.74) is 1.75. The molecule has 0 aliphatic rings. The average molecular weight is 404 g/mol. The van der Waals surface area contributed by atoms with Crippen LogP contribution in [-0.2, 0) is 0 Å². The number of nitrogens with zero attached hydrogens (tertiary/aromatic N) is 5. The highest BCUT2D eigenvalue weighted by molar-refractivity contribution is 6.31. The molecule has 2 heterocycles. The zero-order valence-corrected chi connectivity index (χ0v) is 17.1. The van der Waals surface area contributed by atoms with E-state index in [1.807, 2.05) is 17.6 Å². The van der Waals surface area contributed by atoms with Crippen LogP contribution in [0.3, 0.4) is 0 Å². The van der Waals surface area contributed by atoms with E-state index >= 15 is 0 Å². The van der Waals surface area contributed by atoms with Gasteiger partial charge in [0.05, 0.1) is 19.0 Å². The van der Waals surface area contributed by atoms with Crippen LogP contribution in [0.5, 0.6) is 5.88 Å². The molecule has 1 aromatic carbocycles. The molecule has 3 rings (SSSR count). The number of methoxy groups -OCH3 is 1. The van der Waals surface area contributed by atoms with E-state index in [-0.39, 0.29) is 11.7 Å². The van der Waals surface area contributed by atoms with E-state index in [9.17, 15) is 4.39 Å². The van der Waals surface area contributed by atoms with Gasteiger partial charge in [0.1, 0.15) is 11.6 Å². The maximum atomic E-state index is 13.4. The SMILES string of the molecule is CCN(CC(C)c1ccc(F)cc1Cl)c1nnc(C)n1-c1ccc(OC)nc1. The number of likely N-dealkylation sites (N-methyl/N-ethyl adjacent to an activating group) is 1. The lowest BCUT2D eigenvalue weighted by Crippen LogP contribution is -2.30. The minimum absolute atomic E-state index is 0.0764. The third-order valence-electron chi connectivity index (χ3n) is 4.65. The van der Waals surface area contributed by atoms with E-state index < -0.39 is 0 Å². The first kappa shape index (κ1) is 20.1. The van der Waals surface area contributed by atoms with Crippen LogP contribution in [0.2, 0.25) is 5.02 Å². The molecule has 8 heteroatoms. The van der Waals surface area contributed by atoms with Crippen molar-refractivity contribution >= 4 is 17.5 Å². The highest BCUT2D eigenvalue weighted by atomic mass is 35.5. The van der Waals surface area contributed by atoms with Crippen molar-refractivity contribution < 1.29 is 9.13 Å². The summed E-state index contributed by atoms with van der Waals surface area (Å²) < 4.78 is 20.5. The van der Waals surface area contributed by atoms with Crippen LogP contribution < -0.4 is 9.64 Å². The van der Waals surface area contributed by atoms with Crippen molar-refractivity contribution in [2.75, 3.05) is 25.1 Å². The fraction of sp³-hybridized carbons (Fsp3) is 0.350. The van der Waals surface area contributed by atoms with Gasteiger partial charge in [-0.1, -0.05) is 24.6 Å². The molecular weight excluding hydrogens is 381 g/mol. The van der Waals surface area contributed by atoms with Crippen molar-refractivity contribution in [3.05, 3.63) is 58.8 Å². The Hall–Kier alpha value is -2.67. The third kappa shape index (κ3) is 4.09. The number of aromatic nitrogens is 4. The van der Waals surface area contributed by atoms with Crippen molar-refractivity contribution in [1.29, 1.82) is 0 Å². The first-order valence-electron chi connectivity index (χ1n) is 9.07. The molecule has 2 aromatic heterocycles. The van der Waals surface area contributed by atoms with E-state index in [0.717, 1.165) is 29.6 Å². The Bertz CT molecular complexity index is 944. The zero-order chi connectivity index (χ0) is 20.3. The van der Waals surface area contributed by atoms with Crippen LogP contribution >= 0.6 is 11.6 Å². The summed E-state index contributed by atoms with van der Waals surface area (Å²) in [6, 6.07) is 8.23. The van der Waals surface area contributed by atoms with E-state index in [1.165, 1.54) is 12.1 Å². The predicted octanol–water partition coefficient (Wildman–Crippen LogP) is 4.40.